The first-order chi connectivity index (χ1) is 15.7. The molecule has 0 fully saturated rings. The van der Waals surface area contributed by atoms with Gasteiger partial charge in [0.05, 0.1) is 17.6 Å². The number of hydrogen-bond donors (Lipinski definition) is 2. The number of methoxy groups -OCH3 is 1. The smallest absolute Gasteiger partial charge is 0.341 e. The molecule has 1 aromatic heterocycles. The number of anilines is 2. The fourth-order valence-corrected chi connectivity index (χ4v) is 4.47. The number of esters is 1. The molecule has 2 N–H and O–H groups in total. The van der Waals surface area contributed by atoms with E-state index in [4.69, 9.17) is 21.1 Å². The van der Waals surface area contributed by atoms with Crippen LogP contribution >= 0.6 is 22.9 Å². The van der Waals surface area contributed by atoms with Crippen LogP contribution in [0.2, 0.25) is 5.02 Å². The normalized spacial score (nSPS) is 10.5. The minimum atomic E-state index is -0.650. The van der Waals surface area contributed by atoms with Crippen molar-refractivity contribution >= 4 is 51.4 Å². The summed E-state index contributed by atoms with van der Waals surface area (Å²) in [6, 6.07) is 12.4. The SMILES string of the molecule is COC(=O)c1c(NC(=O)COc2ccc(Cl)cc2C)sc(C(=O)Nc2ccccc2C)c1C. The Labute approximate surface area is 200 Å². The third-order valence-corrected chi connectivity index (χ3v) is 6.33. The highest BCUT2D eigenvalue weighted by Crippen LogP contribution is 2.34. The number of thiophene rings is 1. The van der Waals surface area contributed by atoms with Crippen molar-refractivity contribution in [2.75, 3.05) is 24.4 Å². The monoisotopic (exact) mass is 486 g/mol. The Kier molecular flexibility index (Phi) is 7.73. The van der Waals surface area contributed by atoms with Crippen LogP contribution in [0.15, 0.2) is 42.5 Å². The summed E-state index contributed by atoms with van der Waals surface area (Å²) in [6.07, 6.45) is 0. The van der Waals surface area contributed by atoms with Gasteiger partial charge in [-0.05, 0) is 61.7 Å². The number of carbonyl (C=O) groups excluding carboxylic acids is 3. The standard InChI is InChI=1S/C24H23ClN2O5S/c1-13-7-5-6-8-17(13)26-22(29)21-15(3)20(24(30)31-4)23(33-21)27-19(28)12-32-18-10-9-16(25)11-14(18)2/h5-11H,12H2,1-4H3,(H,26,29)(H,27,28). The van der Waals surface area contributed by atoms with Gasteiger partial charge in [-0.1, -0.05) is 29.8 Å². The molecule has 0 aliphatic heterocycles. The van der Waals surface area contributed by atoms with Crippen LogP contribution < -0.4 is 15.4 Å². The summed E-state index contributed by atoms with van der Waals surface area (Å²) in [4.78, 5) is 38.2. The van der Waals surface area contributed by atoms with E-state index in [0.717, 1.165) is 22.5 Å². The maximum Gasteiger partial charge on any atom is 0.341 e. The zero-order valence-corrected chi connectivity index (χ0v) is 20.1. The van der Waals surface area contributed by atoms with Crippen LogP contribution in [0.1, 0.15) is 36.7 Å². The minimum absolute atomic E-state index is 0.133. The fourth-order valence-electron chi connectivity index (χ4n) is 3.14. The number of benzene rings is 2. The molecule has 0 bridgehead atoms. The van der Waals surface area contributed by atoms with Crippen molar-refractivity contribution in [1.29, 1.82) is 0 Å². The van der Waals surface area contributed by atoms with Crippen molar-refractivity contribution in [3.8, 4) is 5.75 Å². The molecule has 0 radical (unpaired) electrons. The zero-order chi connectivity index (χ0) is 24.1. The van der Waals surface area contributed by atoms with Gasteiger partial charge in [0.1, 0.15) is 10.8 Å². The van der Waals surface area contributed by atoms with Crippen molar-refractivity contribution in [2.24, 2.45) is 0 Å². The van der Waals surface area contributed by atoms with E-state index in [1.807, 2.05) is 32.0 Å². The van der Waals surface area contributed by atoms with Crippen LogP contribution in [0.3, 0.4) is 0 Å². The van der Waals surface area contributed by atoms with Gasteiger partial charge >= 0.3 is 5.97 Å². The molecule has 7 nitrogen and oxygen atoms in total. The summed E-state index contributed by atoms with van der Waals surface area (Å²) in [5.41, 5.74) is 2.90. The van der Waals surface area contributed by atoms with E-state index in [1.54, 1.807) is 31.2 Å². The molecule has 0 aliphatic rings. The van der Waals surface area contributed by atoms with E-state index in [1.165, 1.54) is 7.11 Å². The maximum absolute atomic E-state index is 12.9. The lowest BCUT2D eigenvalue weighted by molar-refractivity contribution is -0.118. The molecular formula is C24H23ClN2O5S. The molecule has 0 spiro atoms. The molecule has 0 aliphatic carbocycles. The van der Waals surface area contributed by atoms with Crippen LogP contribution in [0, 0.1) is 20.8 Å². The molecule has 9 heteroatoms. The van der Waals surface area contributed by atoms with Crippen molar-refractivity contribution in [3.05, 3.63) is 74.6 Å². The Balaban J connectivity index is 1.80. The summed E-state index contributed by atoms with van der Waals surface area (Å²) >= 11 is 6.94. The van der Waals surface area contributed by atoms with E-state index in [9.17, 15) is 14.4 Å². The van der Waals surface area contributed by atoms with Gasteiger partial charge in [0, 0.05) is 10.7 Å². The van der Waals surface area contributed by atoms with Crippen LogP contribution in [-0.2, 0) is 9.53 Å². The molecular weight excluding hydrogens is 464 g/mol. The van der Waals surface area contributed by atoms with Crippen LogP contribution in [0.4, 0.5) is 10.7 Å². The second-order valence-electron chi connectivity index (χ2n) is 7.27. The van der Waals surface area contributed by atoms with Gasteiger partial charge in [0.15, 0.2) is 6.61 Å². The number of carbonyl (C=O) groups is 3. The molecule has 2 amide bonds. The minimum Gasteiger partial charge on any atom is -0.483 e. The van der Waals surface area contributed by atoms with Gasteiger partial charge in [-0.15, -0.1) is 11.3 Å². The predicted octanol–water partition coefficient (Wildman–Crippen LogP) is 5.38. The van der Waals surface area contributed by atoms with E-state index < -0.39 is 11.9 Å². The first-order valence-corrected chi connectivity index (χ1v) is 11.2. The third-order valence-electron chi connectivity index (χ3n) is 4.88. The van der Waals surface area contributed by atoms with Gasteiger partial charge in [0.25, 0.3) is 11.8 Å². The molecule has 3 aromatic rings. The van der Waals surface area contributed by atoms with Crippen molar-refractivity contribution in [2.45, 2.75) is 20.8 Å². The highest BCUT2D eigenvalue weighted by Gasteiger charge is 2.26. The quantitative estimate of drug-likeness (QED) is 0.437. The molecule has 172 valence electrons. The highest BCUT2D eigenvalue weighted by atomic mass is 35.5. The highest BCUT2D eigenvalue weighted by molar-refractivity contribution is 7.19. The summed E-state index contributed by atoms with van der Waals surface area (Å²) in [6.45, 7) is 5.05. The first-order valence-electron chi connectivity index (χ1n) is 9.98. The number of aryl methyl sites for hydroxylation is 2. The van der Waals surface area contributed by atoms with Crippen LogP contribution in [-0.4, -0.2) is 31.5 Å². The molecule has 0 atom stereocenters. The number of amides is 2. The number of rotatable bonds is 7. The molecule has 3 rings (SSSR count). The Bertz CT molecular complexity index is 1220. The number of hydrogen-bond acceptors (Lipinski definition) is 6. The average Bonchev–Trinajstić information content (AvgIpc) is 3.10. The molecule has 2 aromatic carbocycles. The Morgan fingerprint density at radius 3 is 2.39 bits per heavy atom. The topological polar surface area (TPSA) is 93.7 Å². The Morgan fingerprint density at radius 1 is 1.00 bits per heavy atom. The molecule has 33 heavy (non-hydrogen) atoms. The average molecular weight is 487 g/mol. The number of ether oxygens (including phenoxy) is 2. The van der Waals surface area contributed by atoms with E-state index in [0.29, 0.717) is 26.9 Å². The van der Waals surface area contributed by atoms with Crippen molar-refractivity contribution in [1.82, 2.24) is 0 Å². The summed E-state index contributed by atoms with van der Waals surface area (Å²) in [5.74, 6) is -1.00. The zero-order valence-electron chi connectivity index (χ0n) is 18.6. The van der Waals surface area contributed by atoms with Gasteiger partial charge < -0.3 is 20.1 Å². The fraction of sp³-hybridized carbons (Fsp3) is 0.208. The number of nitrogens with one attached hydrogen (secondary N) is 2. The van der Waals surface area contributed by atoms with Crippen LogP contribution in [0.25, 0.3) is 0 Å². The Hall–Kier alpha value is -3.36. The van der Waals surface area contributed by atoms with E-state index >= 15 is 0 Å². The largest absolute Gasteiger partial charge is 0.483 e. The van der Waals surface area contributed by atoms with Crippen molar-refractivity contribution in [3.63, 3.8) is 0 Å². The van der Waals surface area contributed by atoms with Crippen molar-refractivity contribution < 1.29 is 23.9 Å². The lowest BCUT2D eigenvalue weighted by Gasteiger charge is -2.10. The molecule has 0 saturated heterocycles. The van der Waals surface area contributed by atoms with Gasteiger partial charge in [-0.3, -0.25) is 9.59 Å². The van der Waals surface area contributed by atoms with E-state index in [-0.39, 0.29) is 23.1 Å². The van der Waals surface area contributed by atoms with Gasteiger partial charge in [-0.25, -0.2) is 4.79 Å². The van der Waals surface area contributed by atoms with Crippen LogP contribution in [0.5, 0.6) is 5.75 Å². The summed E-state index contributed by atoms with van der Waals surface area (Å²) in [7, 11) is 1.24. The number of para-hydroxylation sites is 1. The van der Waals surface area contributed by atoms with E-state index in [2.05, 4.69) is 10.6 Å². The molecule has 0 saturated carbocycles. The first kappa shape index (κ1) is 24.3. The number of halogens is 1. The molecule has 0 unspecified atom stereocenters. The summed E-state index contributed by atoms with van der Waals surface area (Å²) < 4.78 is 10.4. The predicted molar refractivity (Wildman–Crippen MR) is 130 cm³/mol. The maximum atomic E-state index is 12.9. The van der Waals surface area contributed by atoms with Gasteiger partial charge in [0.2, 0.25) is 0 Å². The lowest BCUT2D eigenvalue weighted by atomic mass is 10.1. The second-order valence-corrected chi connectivity index (χ2v) is 8.72. The lowest BCUT2D eigenvalue weighted by Crippen LogP contribution is -2.21. The second kappa shape index (κ2) is 10.5. The third kappa shape index (κ3) is 5.71. The summed E-state index contributed by atoms with van der Waals surface area (Å²) in [5, 5.41) is 6.30. The molecule has 1 heterocycles. The van der Waals surface area contributed by atoms with Gasteiger partial charge in [-0.2, -0.15) is 0 Å². The Morgan fingerprint density at radius 2 is 1.73 bits per heavy atom.